The first-order chi connectivity index (χ1) is 7.84. The van der Waals surface area contributed by atoms with E-state index in [0.29, 0.717) is 0 Å². The number of hydrogen-bond acceptors (Lipinski definition) is 2. The second kappa shape index (κ2) is 3.95. The van der Waals surface area contributed by atoms with Crippen molar-refractivity contribution in [1.29, 1.82) is 0 Å². The van der Waals surface area contributed by atoms with Gasteiger partial charge in [0.25, 0.3) is 0 Å². The van der Waals surface area contributed by atoms with Gasteiger partial charge in [0.2, 0.25) is 0 Å². The SMILES string of the molecule is Clc1ccc2c(c1)/C(=C1/CCN=CN1)CC2. The fraction of sp³-hybridized carbons (Fsp3) is 0.308. The fourth-order valence-corrected chi connectivity index (χ4v) is 2.60. The Morgan fingerprint density at radius 3 is 2.94 bits per heavy atom. The molecule has 0 saturated carbocycles. The maximum Gasteiger partial charge on any atom is 0.0865 e. The maximum absolute atomic E-state index is 6.06. The van der Waals surface area contributed by atoms with Crippen LogP contribution in [0.15, 0.2) is 28.9 Å². The lowest BCUT2D eigenvalue weighted by molar-refractivity contribution is 0.854. The van der Waals surface area contributed by atoms with Gasteiger partial charge < -0.3 is 5.32 Å². The number of halogens is 1. The molecule has 82 valence electrons. The highest BCUT2D eigenvalue weighted by molar-refractivity contribution is 6.30. The van der Waals surface area contributed by atoms with E-state index < -0.39 is 0 Å². The minimum atomic E-state index is 0.822. The molecule has 0 unspecified atom stereocenters. The fourth-order valence-electron chi connectivity index (χ4n) is 2.43. The average Bonchev–Trinajstić information content (AvgIpc) is 2.73. The third-order valence-electron chi connectivity index (χ3n) is 3.23. The van der Waals surface area contributed by atoms with Gasteiger partial charge in [-0.15, -0.1) is 0 Å². The van der Waals surface area contributed by atoms with Crippen molar-refractivity contribution in [1.82, 2.24) is 5.32 Å². The summed E-state index contributed by atoms with van der Waals surface area (Å²) in [5, 5.41) is 4.09. The largest absolute Gasteiger partial charge is 0.350 e. The topological polar surface area (TPSA) is 24.4 Å². The molecular formula is C13H13ClN2. The van der Waals surface area contributed by atoms with Gasteiger partial charge in [-0.25, -0.2) is 0 Å². The third-order valence-corrected chi connectivity index (χ3v) is 3.46. The maximum atomic E-state index is 6.06. The molecule has 1 aromatic rings. The predicted molar refractivity (Wildman–Crippen MR) is 67.8 cm³/mol. The number of fused-ring (bicyclic) bond motifs is 1. The molecule has 0 spiro atoms. The van der Waals surface area contributed by atoms with E-state index in [1.807, 2.05) is 6.07 Å². The Bertz CT molecular complexity index is 489. The number of nitrogens with zero attached hydrogens (tertiary/aromatic N) is 1. The molecule has 1 aromatic carbocycles. The number of benzene rings is 1. The molecule has 0 atom stereocenters. The summed E-state index contributed by atoms with van der Waals surface area (Å²) >= 11 is 6.06. The van der Waals surface area contributed by atoms with Gasteiger partial charge in [-0.2, -0.15) is 0 Å². The Morgan fingerprint density at radius 1 is 1.19 bits per heavy atom. The van der Waals surface area contributed by atoms with Gasteiger partial charge >= 0.3 is 0 Å². The molecule has 0 radical (unpaired) electrons. The summed E-state index contributed by atoms with van der Waals surface area (Å²) in [4.78, 5) is 4.18. The molecule has 2 nitrogen and oxygen atoms in total. The van der Waals surface area contributed by atoms with Crippen LogP contribution in [0.1, 0.15) is 24.0 Å². The van der Waals surface area contributed by atoms with Crippen molar-refractivity contribution in [2.75, 3.05) is 6.54 Å². The van der Waals surface area contributed by atoms with E-state index >= 15 is 0 Å². The monoisotopic (exact) mass is 232 g/mol. The summed E-state index contributed by atoms with van der Waals surface area (Å²) in [5.74, 6) is 0. The van der Waals surface area contributed by atoms with Crippen LogP contribution in [0.4, 0.5) is 0 Å². The highest BCUT2D eigenvalue weighted by Gasteiger charge is 2.20. The lowest BCUT2D eigenvalue weighted by Gasteiger charge is -2.14. The van der Waals surface area contributed by atoms with Crippen molar-refractivity contribution < 1.29 is 0 Å². The van der Waals surface area contributed by atoms with Gasteiger partial charge in [0.1, 0.15) is 0 Å². The molecule has 0 aromatic heterocycles. The summed E-state index contributed by atoms with van der Waals surface area (Å²) in [6.07, 6.45) is 5.06. The molecule has 1 N–H and O–H groups in total. The number of allylic oxidation sites excluding steroid dienone is 1. The Balaban J connectivity index is 2.08. The molecule has 0 amide bonds. The quantitative estimate of drug-likeness (QED) is 0.731. The second-order valence-electron chi connectivity index (χ2n) is 4.19. The molecule has 2 aliphatic rings. The van der Waals surface area contributed by atoms with Crippen LogP contribution in [0.3, 0.4) is 0 Å². The zero-order valence-electron chi connectivity index (χ0n) is 8.96. The van der Waals surface area contributed by atoms with E-state index in [1.165, 1.54) is 22.4 Å². The first kappa shape index (κ1) is 9.91. The van der Waals surface area contributed by atoms with E-state index in [4.69, 9.17) is 11.6 Å². The summed E-state index contributed by atoms with van der Waals surface area (Å²) < 4.78 is 0. The summed E-state index contributed by atoms with van der Waals surface area (Å²) in [5.41, 5.74) is 5.47. The Hall–Kier alpha value is -1.28. The van der Waals surface area contributed by atoms with Gasteiger partial charge in [-0.3, -0.25) is 4.99 Å². The smallest absolute Gasteiger partial charge is 0.0865 e. The van der Waals surface area contributed by atoms with Crippen LogP contribution in [0.5, 0.6) is 0 Å². The zero-order chi connectivity index (χ0) is 11.0. The minimum Gasteiger partial charge on any atom is -0.350 e. The number of hydrogen-bond donors (Lipinski definition) is 1. The summed E-state index contributed by atoms with van der Waals surface area (Å²) in [7, 11) is 0. The van der Waals surface area contributed by atoms with Gasteiger partial charge in [-0.05, 0) is 41.7 Å². The normalized spacial score (nSPS) is 23.1. The molecule has 1 aliphatic carbocycles. The average molecular weight is 233 g/mol. The summed E-state index contributed by atoms with van der Waals surface area (Å²) in [6.45, 7) is 0.891. The van der Waals surface area contributed by atoms with E-state index in [2.05, 4.69) is 22.4 Å². The van der Waals surface area contributed by atoms with Crippen molar-refractivity contribution in [3.05, 3.63) is 40.0 Å². The first-order valence-electron chi connectivity index (χ1n) is 5.60. The van der Waals surface area contributed by atoms with E-state index in [9.17, 15) is 0 Å². The van der Waals surface area contributed by atoms with Crippen molar-refractivity contribution in [2.24, 2.45) is 4.99 Å². The molecule has 3 rings (SSSR count). The Morgan fingerprint density at radius 2 is 2.12 bits per heavy atom. The Labute approximate surface area is 100 Å². The highest BCUT2D eigenvalue weighted by Crippen LogP contribution is 2.36. The Kier molecular flexibility index (Phi) is 2.44. The lowest BCUT2D eigenvalue weighted by atomic mass is 10.0. The van der Waals surface area contributed by atoms with Crippen LogP contribution in [0.2, 0.25) is 5.02 Å². The molecule has 0 saturated heterocycles. The van der Waals surface area contributed by atoms with Gasteiger partial charge in [0, 0.05) is 23.7 Å². The standard InChI is InChI=1S/C13H13ClN2/c14-10-3-1-9-2-4-11(12(9)7-10)13-5-6-15-8-16-13/h1,3,7-8H,2,4-6H2,(H,15,16)/b13-11-. The number of aryl methyl sites for hydroxylation is 1. The third kappa shape index (κ3) is 1.63. The first-order valence-corrected chi connectivity index (χ1v) is 5.98. The van der Waals surface area contributed by atoms with Gasteiger partial charge in [0.15, 0.2) is 0 Å². The molecule has 1 aliphatic heterocycles. The second-order valence-corrected chi connectivity index (χ2v) is 4.62. The van der Waals surface area contributed by atoms with Crippen LogP contribution in [-0.2, 0) is 6.42 Å². The minimum absolute atomic E-state index is 0.822. The molecule has 1 heterocycles. The van der Waals surface area contributed by atoms with Crippen LogP contribution in [-0.4, -0.2) is 12.9 Å². The number of rotatable bonds is 0. The molecular weight excluding hydrogens is 220 g/mol. The van der Waals surface area contributed by atoms with Crippen LogP contribution < -0.4 is 5.32 Å². The van der Waals surface area contributed by atoms with Crippen molar-refractivity contribution in [3.63, 3.8) is 0 Å². The van der Waals surface area contributed by atoms with Gasteiger partial charge in [-0.1, -0.05) is 17.7 Å². The molecule has 16 heavy (non-hydrogen) atoms. The molecule has 0 bridgehead atoms. The van der Waals surface area contributed by atoms with Crippen molar-refractivity contribution in [2.45, 2.75) is 19.3 Å². The highest BCUT2D eigenvalue weighted by atomic mass is 35.5. The van der Waals surface area contributed by atoms with Crippen LogP contribution in [0, 0.1) is 0 Å². The van der Waals surface area contributed by atoms with E-state index in [1.54, 1.807) is 6.34 Å². The number of nitrogens with one attached hydrogen (secondary N) is 1. The summed E-state index contributed by atoms with van der Waals surface area (Å²) in [6, 6.07) is 6.20. The zero-order valence-corrected chi connectivity index (χ0v) is 9.72. The number of aliphatic imine (C=N–C) groups is 1. The van der Waals surface area contributed by atoms with Crippen LogP contribution >= 0.6 is 11.6 Å². The lowest BCUT2D eigenvalue weighted by Crippen LogP contribution is -2.18. The van der Waals surface area contributed by atoms with Crippen molar-refractivity contribution >= 4 is 23.5 Å². The van der Waals surface area contributed by atoms with Gasteiger partial charge in [0.05, 0.1) is 6.34 Å². The predicted octanol–water partition coefficient (Wildman–Crippen LogP) is 3.02. The van der Waals surface area contributed by atoms with Crippen molar-refractivity contribution in [3.8, 4) is 0 Å². The van der Waals surface area contributed by atoms with Crippen LogP contribution in [0.25, 0.3) is 5.57 Å². The van der Waals surface area contributed by atoms with E-state index in [0.717, 1.165) is 30.8 Å². The molecule has 3 heteroatoms. The molecule has 0 fully saturated rings. The van der Waals surface area contributed by atoms with E-state index in [-0.39, 0.29) is 0 Å².